The lowest BCUT2D eigenvalue weighted by Gasteiger charge is -2.39. The molecular formula is C15H18BrN3O3. The minimum atomic E-state index is -0.892. The van der Waals surface area contributed by atoms with Crippen LogP contribution in [0, 0.1) is 0 Å². The maximum absolute atomic E-state index is 11.7. The van der Waals surface area contributed by atoms with Crippen molar-refractivity contribution in [2.75, 3.05) is 18.0 Å². The van der Waals surface area contributed by atoms with Crippen molar-refractivity contribution in [3.63, 3.8) is 0 Å². The largest absolute Gasteiger partial charge is 0.465 e. The first-order valence-electron chi connectivity index (χ1n) is 7.25. The van der Waals surface area contributed by atoms with Gasteiger partial charge in [0, 0.05) is 29.5 Å². The predicted octanol–water partition coefficient (Wildman–Crippen LogP) is 1.98. The topological polar surface area (TPSA) is 86.9 Å². The average Bonchev–Trinajstić information content (AvgIpc) is 2.81. The fourth-order valence-electron chi connectivity index (χ4n) is 3.64. The number of primary amides is 1. The standard InChI is InChI=1S/C15H18BrN3O3/c1-8(14(17)20)19-12-5-6-18(15(21)22)7-10(12)9-3-2-4-11(16)13(9)19/h2-4,8,10,12H,5-7H2,1H3,(H2,17,20)(H,21,22). The van der Waals surface area contributed by atoms with Gasteiger partial charge >= 0.3 is 6.09 Å². The molecule has 7 heteroatoms. The van der Waals surface area contributed by atoms with Gasteiger partial charge < -0.3 is 20.6 Å². The van der Waals surface area contributed by atoms with E-state index in [0.29, 0.717) is 19.5 Å². The first-order chi connectivity index (χ1) is 10.4. The van der Waals surface area contributed by atoms with Gasteiger partial charge in [0.2, 0.25) is 5.91 Å². The number of carboxylic acid groups (broad SMARTS) is 1. The van der Waals surface area contributed by atoms with E-state index in [1.165, 1.54) is 4.90 Å². The van der Waals surface area contributed by atoms with E-state index in [4.69, 9.17) is 5.73 Å². The van der Waals surface area contributed by atoms with Gasteiger partial charge in [-0.05, 0) is 40.9 Å². The molecule has 3 unspecified atom stereocenters. The number of likely N-dealkylation sites (tertiary alicyclic amines) is 1. The summed E-state index contributed by atoms with van der Waals surface area (Å²) in [5.74, 6) is -0.304. The molecule has 2 amide bonds. The minimum Gasteiger partial charge on any atom is -0.465 e. The molecule has 22 heavy (non-hydrogen) atoms. The Morgan fingerprint density at radius 3 is 2.82 bits per heavy atom. The third kappa shape index (κ3) is 2.24. The van der Waals surface area contributed by atoms with Crippen LogP contribution in [0.3, 0.4) is 0 Å². The maximum Gasteiger partial charge on any atom is 0.407 e. The Bertz CT molecular complexity index is 636. The van der Waals surface area contributed by atoms with Crippen molar-refractivity contribution in [2.24, 2.45) is 5.73 Å². The number of anilines is 1. The summed E-state index contributed by atoms with van der Waals surface area (Å²) in [5, 5.41) is 9.25. The third-order valence-electron chi connectivity index (χ3n) is 4.71. The van der Waals surface area contributed by atoms with Gasteiger partial charge in [0.25, 0.3) is 0 Å². The van der Waals surface area contributed by atoms with E-state index in [0.717, 1.165) is 15.7 Å². The highest BCUT2D eigenvalue weighted by Crippen LogP contribution is 2.48. The molecule has 0 aromatic heterocycles. The van der Waals surface area contributed by atoms with E-state index >= 15 is 0 Å². The van der Waals surface area contributed by atoms with Crippen LogP contribution in [-0.2, 0) is 4.79 Å². The van der Waals surface area contributed by atoms with E-state index in [1.54, 1.807) is 6.92 Å². The van der Waals surface area contributed by atoms with E-state index in [2.05, 4.69) is 20.8 Å². The van der Waals surface area contributed by atoms with Gasteiger partial charge in [0.15, 0.2) is 0 Å². The summed E-state index contributed by atoms with van der Waals surface area (Å²) < 4.78 is 0.911. The second-order valence-electron chi connectivity index (χ2n) is 5.85. The highest BCUT2D eigenvalue weighted by molar-refractivity contribution is 9.10. The second-order valence-corrected chi connectivity index (χ2v) is 6.71. The molecule has 1 saturated heterocycles. The Morgan fingerprint density at radius 2 is 2.18 bits per heavy atom. The summed E-state index contributed by atoms with van der Waals surface area (Å²) in [6, 6.07) is 5.57. The summed E-state index contributed by atoms with van der Waals surface area (Å²) in [4.78, 5) is 26.5. The molecule has 0 saturated carbocycles. The molecule has 118 valence electrons. The van der Waals surface area contributed by atoms with Crippen LogP contribution in [0.15, 0.2) is 22.7 Å². The molecule has 3 atom stereocenters. The predicted molar refractivity (Wildman–Crippen MR) is 86.0 cm³/mol. The molecule has 6 nitrogen and oxygen atoms in total. The Hall–Kier alpha value is -1.76. The number of hydrogen-bond donors (Lipinski definition) is 2. The molecule has 0 spiro atoms. The molecule has 0 bridgehead atoms. The minimum absolute atomic E-state index is 0.0687. The fourth-order valence-corrected chi connectivity index (χ4v) is 4.23. The van der Waals surface area contributed by atoms with Crippen LogP contribution in [0.1, 0.15) is 24.8 Å². The number of amides is 2. The van der Waals surface area contributed by atoms with Crippen molar-refractivity contribution < 1.29 is 14.7 Å². The van der Waals surface area contributed by atoms with Crippen LogP contribution in [0.4, 0.5) is 10.5 Å². The van der Waals surface area contributed by atoms with E-state index in [9.17, 15) is 14.7 Å². The van der Waals surface area contributed by atoms with Gasteiger partial charge in [-0.15, -0.1) is 0 Å². The summed E-state index contributed by atoms with van der Waals surface area (Å²) in [6.07, 6.45) is -0.202. The van der Waals surface area contributed by atoms with Gasteiger partial charge in [0.1, 0.15) is 6.04 Å². The molecule has 3 rings (SSSR count). The van der Waals surface area contributed by atoms with E-state index in [1.807, 2.05) is 18.2 Å². The van der Waals surface area contributed by atoms with Crippen LogP contribution in [0.5, 0.6) is 0 Å². The van der Waals surface area contributed by atoms with Gasteiger partial charge in [-0.3, -0.25) is 4.79 Å². The van der Waals surface area contributed by atoms with Crippen molar-refractivity contribution in [3.8, 4) is 0 Å². The molecule has 1 aromatic rings. The van der Waals surface area contributed by atoms with Crippen molar-refractivity contribution in [3.05, 3.63) is 28.2 Å². The second kappa shape index (κ2) is 5.46. The molecule has 0 radical (unpaired) electrons. The first-order valence-corrected chi connectivity index (χ1v) is 8.05. The summed E-state index contributed by atoms with van der Waals surface area (Å²) in [6.45, 7) is 2.73. The van der Waals surface area contributed by atoms with Gasteiger partial charge in [0.05, 0.1) is 5.69 Å². The van der Waals surface area contributed by atoms with Gasteiger partial charge in [-0.25, -0.2) is 4.79 Å². The SMILES string of the molecule is CC(C(N)=O)N1c2c(Br)cccc2C2CN(C(=O)O)CCC21. The van der Waals surface area contributed by atoms with E-state index < -0.39 is 12.1 Å². The lowest BCUT2D eigenvalue weighted by molar-refractivity contribution is -0.119. The van der Waals surface area contributed by atoms with E-state index in [-0.39, 0.29) is 17.9 Å². The molecule has 1 fully saturated rings. The zero-order valence-electron chi connectivity index (χ0n) is 12.2. The highest BCUT2D eigenvalue weighted by Gasteiger charge is 2.46. The number of hydrogen-bond acceptors (Lipinski definition) is 3. The van der Waals surface area contributed by atoms with Crippen molar-refractivity contribution in [1.29, 1.82) is 0 Å². The van der Waals surface area contributed by atoms with Crippen LogP contribution in [0.25, 0.3) is 0 Å². The molecule has 2 aliphatic heterocycles. The summed E-state index contributed by atoms with van der Waals surface area (Å²) >= 11 is 3.56. The normalized spacial score (nSPS) is 24.6. The number of rotatable bonds is 2. The average molecular weight is 368 g/mol. The summed E-state index contributed by atoms with van der Waals surface area (Å²) in [5.41, 5.74) is 7.57. The third-order valence-corrected chi connectivity index (χ3v) is 5.35. The number of halogens is 1. The quantitative estimate of drug-likeness (QED) is 0.836. The van der Waals surface area contributed by atoms with Crippen LogP contribution in [-0.4, -0.2) is 47.2 Å². The van der Waals surface area contributed by atoms with Crippen LogP contribution < -0.4 is 10.6 Å². The molecule has 1 aromatic carbocycles. The van der Waals surface area contributed by atoms with Crippen molar-refractivity contribution in [1.82, 2.24) is 4.90 Å². The van der Waals surface area contributed by atoms with Crippen LogP contribution >= 0.6 is 15.9 Å². The zero-order valence-corrected chi connectivity index (χ0v) is 13.8. The molecule has 2 aliphatic rings. The Kier molecular flexibility index (Phi) is 3.76. The van der Waals surface area contributed by atoms with Gasteiger partial charge in [-0.2, -0.15) is 0 Å². The molecule has 2 heterocycles. The highest BCUT2D eigenvalue weighted by atomic mass is 79.9. The monoisotopic (exact) mass is 367 g/mol. The van der Waals surface area contributed by atoms with Gasteiger partial charge in [-0.1, -0.05) is 12.1 Å². The Balaban J connectivity index is 2.05. The molecule has 3 N–H and O–H groups in total. The number of para-hydroxylation sites is 1. The number of fused-ring (bicyclic) bond motifs is 3. The summed E-state index contributed by atoms with van der Waals surface area (Å²) in [7, 11) is 0. The molecule has 0 aliphatic carbocycles. The smallest absolute Gasteiger partial charge is 0.407 e. The lowest BCUT2D eigenvalue weighted by Crippen LogP contribution is -2.53. The number of nitrogens with two attached hydrogens (primary N) is 1. The Labute approximate surface area is 137 Å². The first kappa shape index (κ1) is 15.1. The number of carbonyl (C=O) groups excluding carboxylic acids is 1. The van der Waals surface area contributed by atoms with Crippen molar-refractivity contribution in [2.45, 2.75) is 31.3 Å². The lowest BCUT2D eigenvalue weighted by atomic mass is 9.89. The molecular weight excluding hydrogens is 350 g/mol. The maximum atomic E-state index is 11.7. The van der Waals surface area contributed by atoms with Crippen molar-refractivity contribution >= 4 is 33.6 Å². The Morgan fingerprint density at radius 1 is 1.45 bits per heavy atom. The number of nitrogens with zero attached hydrogens (tertiary/aromatic N) is 2. The fraction of sp³-hybridized carbons (Fsp3) is 0.467. The van der Waals surface area contributed by atoms with Crippen LogP contribution in [0.2, 0.25) is 0 Å². The zero-order chi connectivity index (χ0) is 16.0. The number of benzene rings is 1. The number of piperidine rings is 1. The number of carbonyl (C=O) groups is 2.